The molecule has 0 aromatic rings. The quantitative estimate of drug-likeness (QED) is 0.564. The molecule has 0 rings (SSSR count). The minimum Gasteiger partial charge on any atom is -0.323 e. The number of rotatable bonds is 3. The summed E-state index contributed by atoms with van der Waals surface area (Å²) in [5.41, 5.74) is 5.43. The van der Waals surface area contributed by atoms with Crippen molar-refractivity contribution < 1.29 is 14.4 Å². The lowest BCUT2D eigenvalue weighted by Crippen LogP contribution is -2.37. The number of hydrogen-bond donors (Lipinski definition) is 3. The van der Waals surface area contributed by atoms with Crippen LogP contribution in [0.4, 0.5) is 0 Å². The Kier molecular flexibility index (Phi) is 3.27. The highest BCUT2D eigenvalue weighted by molar-refractivity contribution is 7.53. The lowest BCUT2D eigenvalue weighted by molar-refractivity contribution is 0.311. The smallest absolute Gasteiger partial charge is 0.323 e. The van der Waals surface area contributed by atoms with Gasteiger partial charge < -0.3 is 15.5 Å². The molecule has 1 atom stereocenters. The van der Waals surface area contributed by atoms with Crippen LogP contribution in [0.25, 0.3) is 0 Å². The van der Waals surface area contributed by atoms with Crippen molar-refractivity contribution in [2.75, 3.05) is 0 Å². The van der Waals surface area contributed by atoms with Crippen LogP contribution in [0.5, 0.6) is 0 Å². The molecule has 11 heavy (non-hydrogen) atoms. The molecule has 68 valence electrons. The molecule has 4 N–H and O–H groups in total. The Bertz CT molecular complexity index is 173. The van der Waals surface area contributed by atoms with Crippen LogP contribution >= 0.6 is 7.60 Å². The van der Waals surface area contributed by atoms with Gasteiger partial charge in [0, 0.05) is 0 Å². The summed E-state index contributed by atoms with van der Waals surface area (Å²) < 4.78 is 10.8. The largest absolute Gasteiger partial charge is 0.344 e. The molecule has 0 aliphatic carbocycles. The first-order chi connectivity index (χ1) is 4.67. The van der Waals surface area contributed by atoms with Gasteiger partial charge in [-0.3, -0.25) is 4.57 Å². The molecular weight excluding hydrogens is 165 g/mol. The van der Waals surface area contributed by atoms with E-state index in [9.17, 15) is 4.57 Å². The maximum atomic E-state index is 10.8. The molecule has 0 amide bonds. The molecule has 5 heteroatoms. The summed E-state index contributed by atoms with van der Waals surface area (Å²) in [7, 11) is -4.14. The lowest BCUT2D eigenvalue weighted by atomic mass is 10.1. The Hall–Kier alpha value is 0.110. The van der Waals surface area contributed by atoms with E-state index in [1.54, 1.807) is 0 Å². The van der Waals surface area contributed by atoms with Gasteiger partial charge in [0.2, 0.25) is 0 Å². The summed E-state index contributed by atoms with van der Waals surface area (Å²) in [6.07, 6.45) is 0.331. The third kappa shape index (κ3) is 3.34. The van der Waals surface area contributed by atoms with E-state index in [1.807, 2.05) is 13.8 Å². The third-order valence-electron chi connectivity index (χ3n) is 1.49. The summed E-state index contributed by atoms with van der Waals surface area (Å²) >= 11 is 0. The molecular formula is C6H16NO3P. The predicted octanol–water partition coefficient (Wildman–Crippen LogP) is 0.885. The first-order valence-corrected chi connectivity index (χ1v) is 5.12. The topological polar surface area (TPSA) is 83.6 Å². The van der Waals surface area contributed by atoms with Crippen molar-refractivity contribution in [3.05, 3.63) is 0 Å². The molecule has 0 aliphatic heterocycles. The van der Waals surface area contributed by atoms with Crippen LogP contribution < -0.4 is 5.73 Å². The SMILES string of the molecule is CC(C)C[C@@](C)(N)P(=O)(O)O. The molecule has 0 spiro atoms. The summed E-state index contributed by atoms with van der Waals surface area (Å²) in [6, 6.07) is 0. The first kappa shape index (κ1) is 11.1. The van der Waals surface area contributed by atoms with Crippen molar-refractivity contribution in [1.82, 2.24) is 0 Å². The van der Waals surface area contributed by atoms with Gasteiger partial charge in [-0.1, -0.05) is 13.8 Å². The van der Waals surface area contributed by atoms with E-state index in [2.05, 4.69) is 0 Å². The highest BCUT2D eigenvalue weighted by Crippen LogP contribution is 2.49. The fourth-order valence-corrected chi connectivity index (χ4v) is 1.55. The van der Waals surface area contributed by atoms with E-state index in [0.717, 1.165) is 0 Å². The summed E-state index contributed by atoms with van der Waals surface area (Å²) in [5, 5.41) is -1.37. The molecule has 0 unspecified atom stereocenters. The average molecular weight is 181 g/mol. The van der Waals surface area contributed by atoms with E-state index in [4.69, 9.17) is 15.5 Å². The molecule has 0 aromatic heterocycles. The van der Waals surface area contributed by atoms with Crippen molar-refractivity contribution in [3.8, 4) is 0 Å². The zero-order valence-electron chi connectivity index (χ0n) is 7.11. The molecule has 0 aliphatic rings. The van der Waals surface area contributed by atoms with Crippen LogP contribution in [0.2, 0.25) is 0 Å². The second-order valence-corrected chi connectivity index (χ2v) is 5.61. The summed E-state index contributed by atoms with van der Waals surface area (Å²) in [5.74, 6) is 0.192. The minimum absolute atomic E-state index is 0.192. The Morgan fingerprint density at radius 3 is 2.00 bits per heavy atom. The normalized spacial score (nSPS) is 18.5. The molecule has 0 saturated carbocycles. The maximum Gasteiger partial charge on any atom is 0.344 e. The fraction of sp³-hybridized carbons (Fsp3) is 1.00. The van der Waals surface area contributed by atoms with Crippen LogP contribution in [0, 0.1) is 5.92 Å². The van der Waals surface area contributed by atoms with Crippen molar-refractivity contribution in [2.24, 2.45) is 11.7 Å². The second kappa shape index (κ2) is 3.23. The van der Waals surface area contributed by atoms with Crippen molar-refractivity contribution in [3.63, 3.8) is 0 Å². The molecule has 4 nitrogen and oxygen atoms in total. The van der Waals surface area contributed by atoms with Crippen LogP contribution in [-0.4, -0.2) is 15.1 Å². The van der Waals surface area contributed by atoms with E-state index < -0.39 is 12.9 Å². The molecule has 0 radical (unpaired) electrons. The second-order valence-electron chi connectivity index (χ2n) is 3.50. The van der Waals surface area contributed by atoms with Crippen LogP contribution in [0.3, 0.4) is 0 Å². The fourth-order valence-electron chi connectivity index (χ4n) is 0.945. The monoisotopic (exact) mass is 181 g/mol. The Labute approximate surface area is 67.0 Å². The summed E-state index contributed by atoms with van der Waals surface area (Å²) in [6.45, 7) is 5.13. The van der Waals surface area contributed by atoms with Crippen LogP contribution in [0.15, 0.2) is 0 Å². The lowest BCUT2D eigenvalue weighted by Gasteiger charge is -2.27. The highest BCUT2D eigenvalue weighted by Gasteiger charge is 2.38. The predicted molar refractivity (Wildman–Crippen MR) is 44.1 cm³/mol. The van der Waals surface area contributed by atoms with Crippen LogP contribution in [0.1, 0.15) is 27.2 Å². The maximum absolute atomic E-state index is 10.8. The van der Waals surface area contributed by atoms with Crippen LogP contribution in [-0.2, 0) is 4.57 Å². The third-order valence-corrected chi connectivity index (χ3v) is 3.00. The molecule has 0 aromatic carbocycles. The van der Waals surface area contributed by atoms with Crippen molar-refractivity contribution in [2.45, 2.75) is 32.5 Å². The number of nitrogens with two attached hydrogens (primary N) is 1. The first-order valence-electron chi connectivity index (χ1n) is 3.51. The van der Waals surface area contributed by atoms with Gasteiger partial charge in [0.25, 0.3) is 0 Å². The van der Waals surface area contributed by atoms with Crippen molar-refractivity contribution >= 4 is 7.60 Å². The van der Waals surface area contributed by atoms with Gasteiger partial charge in [-0.25, -0.2) is 0 Å². The summed E-state index contributed by atoms with van der Waals surface area (Å²) in [4.78, 5) is 17.6. The zero-order chi connectivity index (χ0) is 9.28. The highest BCUT2D eigenvalue weighted by atomic mass is 31.2. The van der Waals surface area contributed by atoms with Gasteiger partial charge in [-0.05, 0) is 19.3 Å². The van der Waals surface area contributed by atoms with Crippen molar-refractivity contribution in [1.29, 1.82) is 0 Å². The Morgan fingerprint density at radius 2 is 1.91 bits per heavy atom. The standard InChI is InChI=1S/C6H16NO3P/c1-5(2)4-6(3,7)11(8,9)10/h5H,4,7H2,1-3H3,(H2,8,9,10)/t6-/m0/s1. The Balaban J connectivity index is 4.35. The van der Waals surface area contributed by atoms with Gasteiger partial charge in [-0.2, -0.15) is 0 Å². The zero-order valence-corrected chi connectivity index (χ0v) is 8.01. The van der Waals surface area contributed by atoms with E-state index >= 15 is 0 Å². The van der Waals surface area contributed by atoms with Gasteiger partial charge in [-0.15, -0.1) is 0 Å². The van der Waals surface area contributed by atoms with Gasteiger partial charge >= 0.3 is 7.60 Å². The molecule has 0 heterocycles. The van der Waals surface area contributed by atoms with Gasteiger partial charge in [0.05, 0.1) is 0 Å². The number of hydrogen-bond acceptors (Lipinski definition) is 2. The minimum atomic E-state index is -4.14. The molecule has 0 bridgehead atoms. The Morgan fingerprint density at radius 1 is 1.55 bits per heavy atom. The van der Waals surface area contributed by atoms with E-state index in [-0.39, 0.29) is 5.92 Å². The van der Waals surface area contributed by atoms with Gasteiger partial charge in [0.1, 0.15) is 5.28 Å². The average Bonchev–Trinajstić information content (AvgIpc) is 1.56. The van der Waals surface area contributed by atoms with E-state index in [0.29, 0.717) is 6.42 Å². The molecule has 0 saturated heterocycles. The van der Waals surface area contributed by atoms with Gasteiger partial charge in [0.15, 0.2) is 0 Å². The molecule has 0 fully saturated rings. The van der Waals surface area contributed by atoms with E-state index in [1.165, 1.54) is 6.92 Å².